The number of amides is 1. The third-order valence-corrected chi connectivity index (χ3v) is 5.26. The molecule has 5 nitrogen and oxygen atoms in total. The van der Waals surface area contributed by atoms with E-state index in [0.29, 0.717) is 0 Å². The molecule has 2 aromatic carbocycles. The maximum atomic E-state index is 12.8. The average Bonchev–Trinajstić information content (AvgIpc) is 3.00. The summed E-state index contributed by atoms with van der Waals surface area (Å²) >= 11 is 1.50. The third-order valence-electron chi connectivity index (χ3n) is 3.99. The molecule has 0 radical (unpaired) electrons. The first-order chi connectivity index (χ1) is 12.6. The standard InChI is InChI=1S/C20H20N4OS/c1-15-17(14-22-24(15)2)13-21-23-20(25)19(16-9-5-3-6-10-16)26-18-11-7-4-8-12-18/h3-14,19H,1-2H3,(H,23,25)/b21-13-/t19-/m0/s1. The molecule has 132 valence electrons. The molecule has 0 aliphatic carbocycles. The van der Waals surface area contributed by atoms with Crippen LogP contribution in [0.25, 0.3) is 0 Å². The SMILES string of the molecule is Cc1c(/C=N\NC(=O)[C@@H](Sc2ccccc2)c2ccccc2)cnn1C. The Labute approximate surface area is 157 Å². The molecule has 26 heavy (non-hydrogen) atoms. The summed E-state index contributed by atoms with van der Waals surface area (Å²) in [5, 5.41) is 7.89. The Balaban J connectivity index is 1.75. The second kappa shape index (κ2) is 8.49. The van der Waals surface area contributed by atoms with Crippen LogP contribution in [0.2, 0.25) is 0 Å². The van der Waals surface area contributed by atoms with Crippen LogP contribution >= 0.6 is 11.8 Å². The van der Waals surface area contributed by atoms with Crippen molar-refractivity contribution in [1.29, 1.82) is 0 Å². The van der Waals surface area contributed by atoms with E-state index < -0.39 is 0 Å². The molecule has 3 rings (SSSR count). The van der Waals surface area contributed by atoms with Crippen LogP contribution in [-0.4, -0.2) is 21.9 Å². The highest BCUT2D eigenvalue weighted by atomic mass is 32.2. The van der Waals surface area contributed by atoms with Crippen LogP contribution in [0.5, 0.6) is 0 Å². The molecule has 0 saturated heterocycles. The molecule has 0 unspecified atom stereocenters. The van der Waals surface area contributed by atoms with Crippen molar-refractivity contribution < 1.29 is 4.79 Å². The summed E-state index contributed by atoms with van der Waals surface area (Å²) < 4.78 is 1.77. The molecule has 0 saturated carbocycles. The number of aromatic nitrogens is 2. The number of carbonyl (C=O) groups excluding carboxylic acids is 1. The third kappa shape index (κ3) is 4.40. The molecule has 1 N–H and O–H groups in total. The summed E-state index contributed by atoms with van der Waals surface area (Å²) in [5.74, 6) is -0.164. The quantitative estimate of drug-likeness (QED) is 0.412. The van der Waals surface area contributed by atoms with Gasteiger partial charge in [-0.3, -0.25) is 9.48 Å². The van der Waals surface area contributed by atoms with Gasteiger partial charge in [0.2, 0.25) is 0 Å². The molecular weight excluding hydrogens is 344 g/mol. The molecule has 1 aromatic heterocycles. The number of nitrogens with one attached hydrogen (secondary N) is 1. The van der Waals surface area contributed by atoms with Crippen molar-refractivity contribution in [1.82, 2.24) is 15.2 Å². The lowest BCUT2D eigenvalue weighted by Gasteiger charge is -2.15. The lowest BCUT2D eigenvalue weighted by atomic mass is 10.1. The van der Waals surface area contributed by atoms with Crippen molar-refractivity contribution in [3.8, 4) is 0 Å². The molecule has 0 aliphatic rings. The highest BCUT2D eigenvalue weighted by molar-refractivity contribution is 8.00. The molecular formula is C20H20N4OS. The number of benzene rings is 2. The summed E-state index contributed by atoms with van der Waals surface area (Å²) in [6.07, 6.45) is 3.34. The first-order valence-electron chi connectivity index (χ1n) is 8.23. The molecule has 0 spiro atoms. The minimum absolute atomic E-state index is 0.164. The molecule has 0 aliphatic heterocycles. The van der Waals surface area contributed by atoms with E-state index in [1.54, 1.807) is 17.1 Å². The van der Waals surface area contributed by atoms with Crippen LogP contribution in [0.1, 0.15) is 22.1 Å². The van der Waals surface area contributed by atoms with Gasteiger partial charge in [-0.1, -0.05) is 48.5 Å². The number of carbonyl (C=O) groups is 1. The highest BCUT2D eigenvalue weighted by Crippen LogP contribution is 2.35. The zero-order valence-electron chi connectivity index (χ0n) is 14.7. The predicted molar refractivity (Wildman–Crippen MR) is 105 cm³/mol. The van der Waals surface area contributed by atoms with Gasteiger partial charge in [-0.15, -0.1) is 11.8 Å². The van der Waals surface area contributed by atoms with Gasteiger partial charge in [-0.05, 0) is 24.6 Å². The molecule has 0 bridgehead atoms. The zero-order valence-corrected chi connectivity index (χ0v) is 15.5. The Hall–Kier alpha value is -2.86. The van der Waals surface area contributed by atoms with Crippen LogP contribution in [0.4, 0.5) is 0 Å². The fourth-order valence-corrected chi connectivity index (χ4v) is 3.44. The van der Waals surface area contributed by atoms with Gasteiger partial charge in [0.05, 0.1) is 12.4 Å². The number of hydrogen-bond acceptors (Lipinski definition) is 4. The van der Waals surface area contributed by atoms with Crippen molar-refractivity contribution in [2.24, 2.45) is 12.1 Å². The van der Waals surface area contributed by atoms with E-state index in [1.165, 1.54) is 11.8 Å². The number of aryl methyl sites for hydroxylation is 1. The molecule has 6 heteroatoms. The Bertz CT molecular complexity index is 891. The summed E-state index contributed by atoms with van der Waals surface area (Å²) in [5.41, 5.74) is 5.46. The summed E-state index contributed by atoms with van der Waals surface area (Å²) in [7, 11) is 1.87. The van der Waals surface area contributed by atoms with Crippen LogP contribution < -0.4 is 5.43 Å². The zero-order chi connectivity index (χ0) is 18.4. The first kappa shape index (κ1) is 17.9. The van der Waals surface area contributed by atoms with Crippen molar-refractivity contribution in [3.05, 3.63) is 83.7 Å². The Kier molecular flexibility index (Phi) is 5.86. The minimum Gasteiger partial charge on any atom is -0.272 e. The van der Waals surface area contributed by atoms with E-state index in [-0.39, 0.29) is 11.2 Å². The lowest BCUT2D eigenvalue weighted by molar-refractivity contribution is -0.120. The van der Waals surface area contributed by atoms with Gasteiger partial charge in [-0.25, -0.2) is 5.43 Å². The smallest absolute Gasteiger partial charge is 0.258 e. The van der Waals surface area contributed by atoms with E-state index in [2.05, 4.69) is 15.6 Å². The van der Waals surface area contributed by atoms with Gasteiger partial charge < -0.3 is 0 Å². The van der Waals surface area contributed by atoms with Gasteiger partial charge in [0, 0.05) is 23.2 Å². The molecule has 1 atom stereocenters. The summed E-state index contributed by atoms with van der Waals surface area (Å²) in [6.45, 7) is 1.95. The van der Waals surface area contributed by atoms with Crippen LogP contribution in [0.3, 0.4) is 0 Å². The van der Waals surface area contributed by atoms with Crippen LogP contribution in [0.15, 0.2) is 76.9 Å². The normalized spacial score (nSPS) is 12.2. The number of nitrogens with zero attached hydrogens (tertiary/aromatic N) is 3. The van der Waals surface area contributed by atoms with Gasteiger partial charge in [0.15, 0.2) is 0 Å². The minimum atomic E-state index is -0.384. The fraction of sp³-hybridized carbons (Fsp3) is 0.150. The maximum Gasteiger partial charge on any atom is 0.258 e. The summed E-state index contributed by atoms with van der Waals surface area (Å²) in [4.78, 5) is 13.8. The highest BCUT2D eigenvalue weighted by Gasteiger charge is 2.21. The summed E-state index contributed by atoms with van der Waals surface area (Å²) in [6, 6.07) is 19.6. The maximum absolute atomic E-state index is 12.8. The topological polar surface area (TPSA) is 59.3 Å². The van der Waals surface area contributed by atoms with Crippen molar-refractivity contribution >= 4 is 23.9 Å². The van der Waals surface area contributed by atoms with E-state index in [4.69, 9.17) is 0 Å². The predicted octanol–water partition coefficient (Wildman–Crippen LogP) is 3.71. The second-order valence-electron chi connectivity index (χ2n) is 5.76. The molecule has 1 heterocycles. The number of hydrazone groups is 1. The van der Waals surface area contributed by atoms with Gasteiger partial charge in [0.25, 0.3) is 5.91 Å². The number of rotatable bonds is 6. The molecule has 3 aromatic rings. The lowest BCUT2D eigenvalue weighted by Crippen LogP contribution is -2.23. The van der Waals surface area contributed by atoms with Crippen LogP contribution in [-0.2, 0) is 11.8 Å². The van der Waals surface area contributed by atoms with Crippen molar-refractivity contribution in [2.45, 2.75) is 17.1 Å². The first-order valence-corrected chi connectivity index (χ1v) is 9.11. The average molecular weight is 364 g/mol. The van der Waals surface area contributed by atoms with Gasteiger partial charge in [-0.2, -0.15) is 10.2 Å². The Morgan fingerprint density at radius 3 is 2.42 bits per heavy atom. The number of hydrogen-bond donors (Lipinski definition) is 1. The monoisotopic (exact) mass is 364 g/mol. The Morgan fingerprint density at radius 1 is 1.15 bits per heavy atom. The van der Waals surface area contributed by atoms with E-state index in [0.717, 1.165) is 21.7 Å². The Morgan fingerprint density at radius 2 is 1.81 bits per heavy atom. The number of thioether (sulfide) groups is 1. The van der Waals surface area contributed by atoms with Crippen molar-refractivity contribution in [2.75, 3.05) is 0 Å². The van der Waals surface area contributed by atoms with E-state index in [1.807, 2.05) is 74.6 Å². The molecule has 0 fully saturated rings. The van der Waals surface area contributed by atoms with Gasteiger partial charge in [0.1, 0.15) is 5.25 Å². The molecule has 1 amide bonds. The van der Waals surface area contributed by atoms with E-state index >= 15 is 0 Å². The fourth-order valence-electron chi connectivity index (χ4n) is 2.40. The van der Waals surface area contributed by atoms with Crippen molar-refractivity contribution in [3.63, 3.8) is 0 Å². The van der Waals surface area contributed by atoms with E-state index in [9.17, 15) is 4.79 Å². The largest absolute Gasteiger partial charge is 0.272 e. The van der Waals surface area contributed by atoms with Crippen LogP contribution in [0, 0.1) is 6.92 Å². The second-order valence-corrected chi connectivity index (χ2v) is 6.94. The van der Waals surface area contributed by atoms with Gasteiger partial charge >= 0.3 is 0 Å².